The third-order valence-corrected chi connectivity index (χ3v) is 4.11. The minimum Gasteiger partial charge on any atom is -0.342 e. The van der Waals surface area contributed by atoms with E-state index in [9.17, 15) is 9.59 Å². The van der Waals surface area contributed by atoms with Gasteiger partial charge in [0.1, 0.15) is 12.1 Å². The minimum absolute atomic E-state index is 0.0161. The van der Waals surface area contributed by atoms with Crippen molar-refractivity contribution in [2.24, 2.45) is 17.8 Å². The maximum atomic E-state index is 12.6. The monoisotopic (exact) mass is 252 g/mol. The van der Waals surface area contributed by atoms with Crippen molar-refractivity contribution in [3.63, 3.8) is 0 Å². The van der Waals surface area contributed by atoms with Crippen LogP contribution in [0, 0.1) is 17.8 Å². The number of carbonyl (C=O) groups excluding carboxylic acids is 2. The van der Waals surface area contributed by atoms with Crippen molar-refractivity contribution < 1.29 is 9.59 Å². The van der Waals surface area contributed by atoms with Gasteiger partial charge in [0.05, 0.1) is 0 Å². The highest BCUT2D eigenvalue weighted by Gasteiger charge is 2.51. The van der Waals surface area contributed by atoms with E-state index >= 15 is 0 Å². The number of hydrogen-bond donors (Lipinski definition) is 1. The molecular weight excluding hydrogens is 228 g/mol. The van der Waals surface area contributed by atoms with Crippen molar-refractivity contribution in [2.45, 2.75) is 59.2 Å². The molecule has 0 aromatic carbocycles. The predicted molar refractivity (Wildman–Crippen MR) is 69.8 cm³/mol. The van der Waals surface area contributed by atoms with Gasteiger partial charge in [-0.25, -0.2) is 0 Å². The summed E-state index contributed by atoms with van der Waals surface area (Å²) in [5.41, 5.74) is 0. The summed E-state index contributed by atoms with van der Waals surface area (Å²) in [6, 6.07) is -0.361. The van der Waals surface area contributed by atoms with E-state index in [1.54, 1.807) is 0 Å². The van der Waals surface area contributed by atoms with E-state index in [0.717, 1.165) is 6.42 Å². The van der Waals surface area contributed by atoms with Crippen LogP contribution in [0.5, 0.6) is 0 Å². The molecule has 4 heteroatoms. The molecule has 2 rings (SSSR count). The molecule has 4 atom stereocenters. The molecule has 102 valence electrons. The topological polar surface area (TPSA) is 49.4 Å². The van der Waals surface area contributed by atoms with Gasteiger partial charge in [-0.2, -0.15) is 0 Å². The smallest absolute Gasteiger partial charge is 0.246 e. The Hall–Kier alpha value is -1.06. The van der Waals surface area contributed by atoms with E-state index in [1.807, 2.05) is 32.6 Å². The number of piperazine rings is 1. The maximum absolute atomic E-state index is 12.6. The van der Waals surface area contributed by atoms with Crippen molar-refractivity contribution in [1.29, 1.82) is 0 Å². The molecule has 0 radical (unpaired) electrons. The van der Waals surface area contributed by atoms with Gasteiger partial charge >= 0.3 is 0 Å². The summed E-state index contributed by atoms with van der Waals surface area (Å²) in [5, 5.41) is 2.89. The van der Waals surface area contributed by atoms with Crippen LogP contribution in [0.4, 0.5) is 0 Å². The number of carbonyl (C=O) groups is 2. The molecule has 2 aliphatic rings. The van der Waals surface area contributed by atoms with E-state index in [1.165, 1.54) is 0 Å². The van der Waals surface area contributed by atoms with Crippen molar-refractivity contribution in [2.75, 3.05) is 0 Å². The predicted octanol–water partition coefficient (Wildman–Crippen LogP) is 1.40. The van der Waals surface area contributed by atoms with Gasteiger partial charge in [-0.1, -0.05) is 34.6 Å². The van der Waals surface area contributed by atoms with Gasteiger partial charge < -0.3 is 10.2 Å². The normalized spacial score (nSPS) is 36.3. The minimum atomic E-state index is -0.347. The Kier molecular flexibility index (Phi) is 3.39. The summed E-state index contributed by atoms with van der Waals surface area (Å²) in [7, 11) is 0. The lowest BCUT2D eigenvalue weighted by molar-refractivity contribution is -0.153. The molecule has 2 amide bonds. The zero-order chi connectivity index (χ0) is 13.6. The average Bonchev–Trinajstić information content (AvgIpc) is 2.96. The van der Waals surface area contributed by atoms with E-state index in [-0.39, 0.29) is 41.8 Å². The summed E-state index contributed by atoms with van der Waals surface area (Å²) in [4.78, 5) is 26.7. The van der Waals surface area contributed by atoms with Crippen LogP contribution < -0.4 is 5.32 Å². The van der Waals surface area contributed by atoms with Crippen molar-refractivity contribution in [3.05, 3.63) is 0 Å². The molecular formula is C14H24N2O2. The Morgan fingerprint density at radius 3 is 2.11 bits per heavy atom. The lowest BCUT2D eigenvalue weighted by atomic mass is 9.92. The molecule has 0 aromatic rings. The average molecular weight is 252 g/mol. The number of rotatable bonds is 3. The Labute approximate surface area is 109 Å². The quantitative estimate of drug-likeness (QED) is 0.825. The van der Waals surface area contributed by atoms with Crippen LogP contribution in [0.15, 0.2) is 0 Å². The first-order valence-electron chi connectivity index (χ1n) is 6.97. The van der Waals surface area contributed by atoms with E-state index < -0.39 is 0 Å². The lowest BCUT2D eigenvalue weighted by Gasteiger charge is -2.42. The molecule has 1 saturated carbocycles. The lowest BCUT2D eigenvalue weighted by Crippen LogP contribution is -2.66. The zero-order valence-electron chi connectivity index (χ0n) is 11.9. The fraction of sp³-hybridized carbons (Fsp3) is 0.857. The molecule has 1 aliphatic carbocycles. The third-order valence-electron chi connectivity index (χ3n) is 4.11. The Bertz CT molecular complexity index is 365. The molecule has 1 heterocycles. The standard InChI is InChI=1S/C14H24N2O2/c1-7(2)11-14(18)16(10-6-9(10)5)12(8(3)4)13(17)15-11/h7-12H,6H2,1-5H3,(H,15,17). The fourth-order valence-corrected chi connectivity index (χ4v) is 2.86. The van der Waals surface area contributed by atoms with Gasteiger partial charge in [-0.15, -0.1) is 0 Å². The largest absolute Gasteiger partial charge is 0.342 e. The van der Waals surface area contributed by atoms with Crippen molar-refractivity contribution in [1.82, 2.24) is 10.2 Å². The Balaban J connectivity index is 2.27. The maximum Gasteiger partial charge on any atom is 0.246 e. The molecule has 0 aromatic heterocycles. The second kappa shape index (κ2) is 4.56. The number of nitrogens with zero attached hydrogens (tertiary/aromatic N) is 1. The number of nitrogens with one attached hydrogen (secondary N) is 1. The summed E-state index contributed by atoms with van der Waals surface area (Å²) in [6.07, 6.45) is 1.03. The zero-order valence-corrected chi connectivity index (χ0v) is 11.9. The molecule has 4 nitrogen and oxygen atoms in total. The second-order valence-electron chi connectivity index (χ2n) is 6.44. The van der Waals surface area contributed by atoms with Gasteiger partial charge in [0.25, 0.3) is 0 Å². The van der Waals surface area contributed by atoms with E-state index in [2.05, 4.69) is 12.2 Å². The highest BCUT2D eigenvalue weighted by molar-refractivity contribution is 5.97. The molecule has 1 N–H and O–H groups in total. The first-order chi connectivity index (χ1) is 8.34. The van der Waals surface area contributed by atoms with Crippen LogP contribution >= 0.6 is 0 Å². The molecule has 0 spiro atoms. The Morgan fingerprint density at radius 2 is 1.72 bits per heavy atom. The molecule has 18 heavy (non-hydrogen) atoms. The van der Waals surface area contributed by atoms with Crippen LogP contribution in [-0.2, 0) is 9.59 Å². The highest BCUT2D eigenvalue weighted by atomic mass is 16.2. The van der Waals surface area contributed by atoms with Crippen LogP contribution in [0.3, 0.4) is 0 Å². The van der Waals surface area contributed by atoms with Gasteiger partial charge in [-0.05, 0) is 24.2 Å². The summed E-state index contributed by atoms with van der Waals surface area (Å²) >= 11 is 0. The van der Waals surface area contributed by atoms with Gasteiger partial charge in [0.2, 0.25) is 11.8 Å². The van der Waals surface area contributed by atoms with Gasteiger partial charge in [0.15, 0.2) is 0 Å². The highest BCUT2D eigenvalue weighted by Crippen LogP contribution is 2.39. The third kappa shape index (κ3) is 2.13. The second-order valence-corrected chi connectivity index (χ2v) is 6.44. The number of hydrogen-bond acceptors (Lipinski definition) is 2. The van der Waals surface area contributed by atoms with Crippen LogP contribution in [0.2, 0.25) is 0 Å². The van der Waals surface area contributed by atoms with E-state index in [0.29, 0.717) is 5.92 Å². The fourth-order valence-electron chi connectivity index (χ4n) is 2.86. The summed E-state index contributed by atoms with van der Waals surface area (Å²) in [5.74, 6) is 0.968. The van der Waals surface area contributed by atoms with Gasteiger partial charge in [-0.3, -0.25) is 9.59 Å². The molecule has 0 bridgehead atoms. The van der Waals surface area contributed by atoms with Crippen molar-refractivity contribution in [3.8, 4) is 0 Å². The van der Waals surface area contributed by atoms with Gasteiger partial charge in [0, 0.05) is 6.04 Å². The summed E-state index contributed by atoms with van der Waals surface area (Å²) in [6.45, 7) is 10.1. The summed E-state index contributed by atoms with van der Waals surface area (Å²) < 4.78 is 0. The SMILES string of the molecule is CC(C)C1NC(=O)C(C(C)C)N(C2CC2C)C1=O. The first kappa shape index (κ1) is 13.4. The number of amides is 2. The van der Waals surface area contributed by atoms with E-state index in [4.69, 9.17) is 0 Å². The van der Waals surface area contributed by atoms with Crippen molar-refractivity contribution >= 4 is 11.8 Å². The Morgan fingerprint density at radius 1 is 1.17 bits per heavy atom. The van der Waals surface area contributed by atoms with Crippen LogP contribution in [0.1, 0.15) is 41.0 Å². The van der Waals surface area contributed by atoms with Crippen LogP contribution in [0.25, 0.3) is 0 Å². The molecule has 1 saturated heterocycles. The molecule has 2 fully saturated rings. The molecule has 4 unspecified atom stereocenters. The van der Waals surface area contributed by atoms with Crippen LogP contribution in [-0.4, -0.2) is 34.8 Å². The first-order valence-corrected chi connectivity index (χ1v) is 6.97. The molecule has 1 aliphatic heterocycles.